The van der Waals surface area contributed by atoms with Crippen molar-refractivity contribution in [3.63, 3.8) is 0 Å². The molecular weight excluding hydrogens is 334 g/mol. The van der Waals surface area contributed by atoms with Crippen LogP contribution >= 0.6 is 11.6 Å². The number of nitrogens with zero attached hydrogens (tertiary/aromatic N) is 3. The summed E-state index contributed by atoms with van der Waals surface area (Å²) in [5.74, 6) is 1.55. The number of ether oxygens (including phenoxy) is 1. The molecule has 0 atom stereocenters. The van der Waals surface area contributed by atoms with Gasteiger partial charge in [-0.3, -0.25) is 4.40 Å². The summed E-state index contributed by atoms with van der Waals surface area (Å²) in [7, 11) is 0. The first kappa shape index (κ1) is 15.7. The van der Waals surface area contributed by atoms with Crippen molar-refractivity contribution in [2.45, 2.75) is 13.5 Å². The fourth-order valence-corrected chi connectivity index (χ4v) is 2.81. The molecule has 4 rings (SSSR count). The molecule has 0 aliphatic rings. The Morgan fingerprint density at radius 3 is 2.72 bits per heavy atom. The zero-order chi connectivity index (χ0) is 17.2. The smallest absolute Gasteiger partial charge is 0.234 e. The van der Waals surface area contributed by atoms with E-state index in [0.29, 0.717) is 12.4 Å². The summed E-state index contributed by atoms with van der Waals surface area (Å²) in [6, 6.07) is 15.6. The second-order valence-corrected chi connectivity index (χ2v) is 6.28. The molecule has 0 radical (unpaired) electrons. The number of imidazole rings is 1. The first-order valence-electron chi connectivity index (χ1n) is 7.97. The van der Waals surface area contributed by atoms with Gasteiger partial charge in [-0.05, 0) is 54.4 Å². The predicted molar refractivity (Wildman–Crippen MR) is 98.9 cm³/mol. The predicted octanol–water partition coefficient (Wildman–Crippen LogP) is 4.94. The molecule has 0 saturated heterocycles. The van der Waals surface area contributed by atoms with E-state index < -0.39 is 0 Å². The SMILES string of the molecule is Cc1cc(-c2cn3cccnc3n2)ccc1OCc1ccc(Cl)cc1. The van der Waals surface area contributed by atoms with E-state index in [2.05, 4.69) is 16.0 Å². The number of aromatic nitrogens is 3. The summed E-state index contributed by atoms with van der Waals surface area (Å²) in [6.07, 6.45) is 5.66. The first-order valence-corrected chi connectivity index (χ1v) is 8.35. The maximum atomic E-state index is 5.93. The van der Waals surface area contributed by atoms with Crippen molar-refractivity contribution >= 4 is 17.4 Å². The van der Waals surface area contributed by atoms with E-state index in [9.17, 15) is 0 Å². The normalized spacial score (nSPS) is 11.0. The minimum absolute atomic E-state index is 0.510. The molecule has 0 saturated carbocycles. The first-order chi connectivity index (χ1) is 12.2. The van der Waals surface area contributed by atoms with Crippen LogP contribution in [0.4, 0.5) is 0 Å². The van der Waals surface area contributed by atoms with Gasteiger partial charge in [0.1, 0.15) is 12.4 Å². The molecule has 2 aromatic heterocycles. The summed E-state index contributed by atoms with van der Waals surface area (Å²) in [6.45, 7) is 2.55. The molecule has 5 heteroatoms. The highest BCUT2D eigenvalue weighted by Crippen LogP contribution is 2.26. The highest BCUT2D eigenvalue weighted by Gasteiger charge is 2.08. The summed E-state index contributed by atoms with van der Waals surface area (Å²) < 4.78 is 7.84. The Hall–Kier alpha value is -2.85. The molecule has 0 aliphatic carbocycles. The number of benzene rings is 2. The molecule has 0 amide bonds. The van der Waals surface area contributed by atoms with Crippen LogP contribution in [0, 0.1) is 6.92 Å². The number of rotatable bonds is 4. The Kier molecular flexibility index (Phi) is 4.12. The van der Waals surface area contributed by atoms with Gasteiger partial charge in [0.15, 0.2) is 0 Å². The van der Waals surface area contributed by atoms with Crippen molar-refractivity contribution in [2.75, 3.05) is 0 Å². The third-order valence-electron chi connectivity index (χ3n) is 4.01. The van der Waals surface area contributed by atoms with Crippen molar-refractivity contribution < 1.29 is 4.74 Å². The minimum atomic E-state index is 0.510. The monoisotopic (exact) mass is 349 g/mol. The van der Waals surface area contributed by atoms with Crippen molar-refractivity contribution in [3.05, 3.63) is 83.3 Å². The number of fused-ring (bicyclic) bond motifs is 1. The van der Waals surface area contributed by atoms with Crippen LogP contribution in [0.3, 0.4) is 0 Å². The van der Waals surface area contributed by atoms with E-state index in [0.717, 1.165) is 33.2 Å². The van der Waals surface area contributed by atoms with Crippen LogP contribution in [0.2, 0.25) is 5.02 Å². The van der Waals surface area contributed by atoms with Crippen LogP contribution in [-0.4, -0.2) is 14.4 Å². The zero-order valence-corrected chi connectivity index (χ0v) is 14.4. The maximum absolute atomic E-state index is 5.93. The lowest BCUT2D eigenvalue weighted by Gasteiger charge is -2.10. The molecule has 2 aromatic carbocycles. The number of aryl methyl sites for hydroxylation is 1. The third kappa shape index (κ3) is 3.35. The van der Waals surface area contributed by atoms with Gasteiger partial charge in [0.2, 0.25) is 5.78 Å². The highest BCUT2D eigenvalue weighted by molar-refractivity contribution is 6.30. The Balaban J connectivity index is 1.54. The molecule has 0 fully saturated rings. The van der Waals surface area contributed by atoms with Gasteiger partial charge in [-0.25, -0.2) is 9.97 Å². The molecule has 2 heterocycles. The molecule has 0 bridgehead atoms. The van der Waals surface area contributed by atoms with Crippen LogP contribution in [-0.2, 0) is 6.61 Å². The van der Waals surface area contributed by atoms with E-state index >= 15 is 0 Å². The van der Waals surface area contributed by atoms with Crippen LogP contribution in [0.1, 0.15) is 11.1 Å². The van der Waals surface area contributed by atoms with E-state index in [1.807, 2.05) is 66.2 Å². The van der Waals surface area contributed by atoms with E-state index in [-0.39, 0.29) is 0 Å². The average molecular weight is 350 g/mol. The van der Waals surface area contributed by atoms with Gasteiger partial charge in [0.25, 0.3) is 0 Å². The lowest BCUT2D eigenvalue weighted by Crippen LogP contribution is -1.97. The Morgan fingerprint density at radius 1 is 1.12 bits per heavy atom. The summed E-state index contributed by atoms with van der Waals surface area (Å²) in [5, 5.41) is 0.728. The minimum Gasteiger partial charge on any atom is -0.489 e. The molecule has 4 nitrogen and oxygen atoms in total. The molecule has 124 valence electrons. The zero-order valence-electron chi connectivity index (χ0n) is 13.7. The van der Waals surface area contributed by atoms with Gasteiger partial charge in [0, 0.05) is 29.2 Å². The van der Waals surface area contributed by atoms with Gasteiger partial charge >= 0.3 is 0 Å². The maximum Gasteiger partial charge on any atom is 0.234 e. The van der Waals surface area contributed by atoms with E-state index in [1.54, 1.807) is 6.20 Å². The van der Waals surface area contributed by atoms with Crippen LogP contribution in [0.5, 0.6) is 5.75 Å². The van der Waals surface area contributed by atoms with Crippen molar-refractivity contribution in [1.82, 2.24) is 14.4 Å². The third-order valence-corrected chi connectivity index (χ3v) is 4.27. The van der Waals surface area contributed by atoms with Gasteiger partial charge < -0.3 is 4.74 Å². The number of halogens is 1. The van der Waals surface area contributed by atoms with Crippen LogP contribution < -0.4 is 4.74 Å². The fraction of sp³-hybridized carbons (Fsp3) is 0.100. The average Bonchev–Trinajstić information content (AvgIpc) is 3.06. The molecule has 0 spiro atoms. The van der Waals surface area contributed by atoms with Gasteiger partial charge in [-0.1, -0.05) is 23.7 Å². The lowest BCUT2D eigenvalue weighted by atomic mass is 10.1. The Morgan fingerprint density at radius 2 is 1.96 bits per heavy atom. The van der Waals surface area contributed by atoms with E-state index in [4.69, 9.17) is 16.3 Å². The molecule has 0 aliphatic heterocycles. The van der Waals surface area contributed by atoms with Gasteiger partial charge in [-0.15, -0.1) is 0 Å². The number of hydrogen-bond donors (Lipinski definition) is 0. The lowest BCUT2D eigenvalue weighted by molar-refractivity contribution is 0.304. The highest BCUT2D eigenvalue weighted by atomic mass is 35.5. The Bertz CT molecular complexity index is 992. The van der Waals surface area contributed by atoms with Crippen LogP contribution in [0.15, 0.2) is 67.1 Å². The standard InChI is InChI=1S/C20H16ClN3O/c1-14-11-16(18-12-24-10-2-9-22-20(24)23-18)5-8-19(14)25-13-15-3-6-17(21)7-4-15/h2-12H,13H2,1H3. The second-order valence-electron chi connectivity index (χ2n) is 5.85. The van der Waals surface area contributed by atoms with Crippen molar-refractivity contribution in [3.8, 4) is 17.0 Å². The Labute approximate surface area is 150 Å². The van der Waals surface area contributed by atoms with Crippen molar-refractivity contribution in [1.29, 1.82) is 0 Å². The molecule has 0 unspecified atom stereocenters. The van der Waals surface area contributed by atoms with Gasteiger partial charge in [-0.2, -0.15) is 0 Å². The molecule has 25 heavy (non-hydrogen) atoms. The largest absolute Gasteiger partial charge is 0.489 e. The topological polar surface area (TPSA) is 39.4 Å². The van der Waals surface area contributed by atoms with E-state index in [1.165, 1.54) is 0 Å². The van der Waals surface area contributed by atoms with Gasteiger partial charge in [0.05, 0.1) is 5.69 Å². The number of hydrogen-bond acceptors (Lipinski definition) is 3. The molecular formula is C20H16ClN3O. The van der Waals surface area contributed by atoms with Crippen LogP contribution in [0.25, 0.3) is 17.0 Å². The summed E-state index contributed by atoms with van der Waals surface area (Å²) in [4.78, 5) is 8.81. The summed E-state index contributed by atoms with van der Waals surface area (Å²) in [5.41, 5.74) is 4.09. The quantitative estimate of drug-likeness (QED) is 0.524. The summed E-state index contributed by atoms with van der Waals surface area (Å²) >= 11 is 5.91. The second kappa shape index (κ2) is 6.57. The molecule has 4 aromatic rings. The van der Waals surface area contributed by atoms with Crippen molar-refractivity contribution in [2.24, 2.45) is 0 Å². The fourth-order valence-electron chi connectivity index (χ4n) is 2.68. The molecule has 0 N–H and O–H groups in total.